The van der Waals surface area contributed by atoms with Gasteiger partial charge in [-0.25, -0.2) is 0 Å². The Morgan fingerprint density at radius 1 is 1.32 bits per heavy atom. The largest absolute Gasteiger partial charge is 0.397 e. The van der Waals surface area contributed by atoms with Crippen molar-refractivity contribution in [2.45, 2.75) is 33.2 Å². The molecule has 0 saturated heterocycles. The lowest BCUT2D eigenvalue weighted by atomic mass is 10.1. The highest BCUT2D eigenvalue weighted by Gasteiger charge is 2.15. The summed E-state index contributed by atoms with van der Waals surface area (Å²) < 4.78 is 2.03. The summed E-state index contributed by atoms with van der Waals surface area (Å²) in [7, 11) is 0. The van der Waals surface area contributed by atoms with Crippen LogP contribution in [0, 0.1) is 18.3 Å². The van der Waals surface area contributed by atoms with Crippen LogP contribution >= 0.6 is 0 Å². The summed E-state index contributed by atoms with van der Waals surface area (Å²) >= 11 is 0. The number of nitrogens with two attached hydrogens (primary N) is 1. The summed E-state index contributed by atoms with van der Waals surface area (Å²) in [4.78, 5) is 0. The fourth-order valence-corrected chi connectivity index (χ4v) is 2.46. The molecule has 1 aromatic carbocycles. The molecule has 19 heavy (non-hydrogen) atoms. The minimum absolute atomic E-state index is 0.228. The van der Waals surface area contributed by atoms with E-state index in [0.29, 0.717) is 11.4 Å². The van der Waals surface area contributed by atoms with E-state index in [1.165, 1.54) is 11.1 Å². The van der Waals surface area contributed by atoms with Crippen LogP contribution < -0.4 is 5.73 Å². The molecule has 3 heteroatoms. The van der Waals surface area contributed by atoms with E-state index in [2.05, 4.69) is 51.1 Å². The first-order valence-corrected chi connectivity index (χ1v) is 6.48. The number of nitrogens with zero attached hydrogens (tertiary/aromatic N) is 2. The van der Waals surface area contributed by atoms with Crippen molar-refractivity contribution in [3.05, 3.63) is 52.8 Å². The number of rotatable bonds is 3. The third-order valence-electron chi connectivity index (χ3n) is 3.26. The van der Waals surface area contributed by atoms with Gasteiger partial charge in [0.25, 0.3) is 0 Å². The number of nitrogen functional groups attached to an aromatic ring is 1. The molecule has 0 radical (unpaired) electrons. The normalized spacial score (nSPS) is 10.7. The van der Waals surface area contributed by atoms with Crippen molar-refractivity contribution in [3.63, 3.8) is 0 Å². The maximum absolute atomic E-state index is 9.19. The number of nitriles is 1. The van der Waals surface area contributed by atoms with E-state index in [9.17, 15) is 5.26 Å². The quantitative estimate of drug-likeness (QED) is 0.911. The number of aryl methyl sites for hydroxylation is 1. The van der Waals surface area contributed by atoms with E-state index >= 15 is 0 Å². The Hall–Kier alpha value is -2.21. The van der Waals surface area contributed by atoms with Crippen molar-refractivity contribution >= 4 is 5.69 Å². The molecule has 2 aromatic rings. The number of hydrogen-bond donors (Lipinski definition) is 1. The molecule has 0 unspecified atom stereocenters. The Morgan fingerprint density at radius 2 is 2.05 bits per heavy atom. The molecule has 0 amide bonds. The minimum atomic E-state index is 0.228. The topological polar surface area (TPSA) is 54.7 Å². The maximum atomic E-state index is 9.19. The highest BCUT2D eigenvalue weighted by molar-refractivity contribution is 5.52. The van der Waals surface area contributed by atoms with Crippen molar-refractivity contribution in [3.8, 4) is 6.07 Å². The van der Waals surface area contributed by atoms with Crippen molar-refractivity contribution in [1.29, 1.82) is 5.26 Å². The molecule has 3 nitrogen and oxygen atoms in total. The summed E-state index contributed by atoms with van der Waals surface area (Å²) in [5.41, 5.74) is 10.9. The third-order valence-corrected chi connectivity index (χ3v) is 3.26. The Labute approximate surface area is 114 Å². The molecule has 0 bridgehead atoms. The van der Waals surface area contributed by atoms with Crippen LogP contribution in [0.1, 0.15) is 42.4 Å². The molecule has 0 aliphatic rings. The van der Waals surface area contributed by atoms with E-state index in [0.717, 1.165) is 12.1 Å². The molecular formula is C16H19N3. The third kappa shape index (κ3) is 2.63. The first kappa shape index (κ1) is 13.2. The monoisotopic (exact) mass is 253 g/mol. The van der Waals surface area contributed by atoms with E-state index in [1.54, 1.807) is 6.07 Å². The fourth-order valence-electron chi connectivity index (χ4n) is 2.46. The smallest absolute Gasteiger partial charge is 0.122 e. The second kappa shape index (κ2) is 5.19. The predicted octanol–water partition coefficient (Wildman–Crippen LogP) is 3.42. The summed E-state index contributed by atoms with van der Waals surface area (Å²) in [5.74, 6) is 0. The van der Waals surface area contributed by atoms with Crippen LogP contribution in [0.5, 0.6) is 0 Å². The van der Waals surface area contributed by atoms with Gasteiger partial charge in [-0.15, -0.1) is 0 Å². The van der Waals surface area contributed by atoms with Crippen LogP contribution in [-0.2, 0) is 6.42 Å². The second-order valence-corrected chi connectivity index (χ2v) is 5.17. The zero-order chi connectivity index (χ0) is 14.0. The van der Waals surface area contributed by atoms with Gasteiger partial charge in [-0.1, -0.05) is 29.8 Å². The first-order valence-electron chi connectivity index (χ1n) is 6.48. The van der Waals surface area contributed by atoms with Crippen molar-refractivity contribution in [1.82, 2.24) is 4.57 Å². The molecule has 0 saturated carbocycles. The average Bonchev–Trinajstić information content (AvgIpc) is 2.66. The van der Waals surface area contributed by atoms with E-state index in [1.807, 2.05) is 4.57 Å². The molecule has 2 N–H and O–H groups in total. The van der Waals surface area contributed by atoms with Crippen LogP contribution in [0.4, 0.5) is 5.69 Å². The summed E-state index contributed by atoms with van der Waals surface area (Å²) in [6, 6.07) is 12.6. The molecule has 98 valence electrons. The van der Waals surface area contributed by atoms with Gasteiger partial charge in [0, 0.05) is 18.2 Å². The lowest BCUT2D eigenvalue weighted by Gasteiger charge is -2.15. The van der Waals surface area contributed by atoms with Crippen LogP contribution in [0.15, 0.2) is 30.3 Å². The van der Waals surface area contributed by atoms with Gasteiger partial charge >= 0.3 is 0 Å². The molecule has 2 rings (SSSR count). The zero-order valence-electron chi connectivity index (χ0n) is 11.6. The highest BCUT2D eigenvalue weighted by Crippen LogP contribution is 2.25. The Bertz CT molecular complexity index is 630. The summed E-state index contributed by atoms with van der Waals surface area (Å²) in [6.07, 6.45) is 0.757. The predicted molar refractivity (Wildman–Crippen MR) is 77.9 cm³/mol. The standard InChI is InChI=1S/C16H19N3/c1-11(2)19-14(10-17)9-15(18)16(19)8-13-6-4-5-12(3)7-13/h4-7,9,11H,8,18H2,1-3H3. The van der Waals surface area contributed by atoms with Gasteiger partial charge in [0.1, 0.15) is 11.8 Å². The number of benzene rings is 1. The van der Waals surface area contributed by atoms with Gasteiger partial charge in [0.15, 0.2) is 0 Å². The molecule has 0 aliphatic heterocycles. The maximum Gasteiger partial charge on any atom is 0.122 e. The Balaban J connectivity index is 2.45. The van der Waals surface area contributed by atoms with Crippen LogP contribution in [-0.4, -0.2) is 4.57 Å². The van der Waals surface area contributed by atoms with E-state index < -0.39 is 0 Å². The zero-order valence-corrected chi connectivity index (χ0v) is 11.6. The molecule has 0 fully saturated rings. The molecule has 0 atom stereocenters. The molecular weight excluding hydrogens is 234 g/mol. The lowest BCUT2D eigenvalue weighted by Crippen LogP contribution is -2.09. The van der Waals surface area contributed by atoms with Crippen LogP contribution in [0.3, 0.4) is 0 Å². The molecule has 0 spiro atoms. The van der Waals surface area contributed by atoms with E-state index in [-0.39, 0.29) is 6.04 Å². The van der Waals surface area contributed by atoms with Crippen LogP contribution in [0.2, 0.25) is 0 Å². The van der Waals surface area contributed by atoms with Gasteiger partial charge < -0.3 is 10.3 Å². The van der Waals surface area contributed by atoms with E-state index in [4.69, 9.17) is 5.73 Å². The molecule has 1 aromatic heterocycles. The number of anilines is 1. The molecule has 0 aliphatic carbocycles. The van der Waals surface area contributed by atoms with Gasteiger partial charge in [-0.3, -0.25) is 0 Å². The van der Waals surface area contributed by atoms with Gasteiger partial charge in [0.2, 0.25) is 0 Å². The Morgan fingerprint density at radius 3 is 2.63 bits per heavy atom. The van der Waals surface area contributed by atoms with Crippen LogP contribution in [0.25, 0.3) is 0 Å². The summed E-state index contributed by atoms with van der Waals surface area (Å²) in [5, 5.41) is 9.19. The number of aromatic nitrogens is 1. The van der Waals surface area contributed by atoms with Gasteiger partial charge in [-0.2, -0.15) is 5.26 Å². The SMILES string of the molecule is Cc1cccc(Cc2c(N)cc(C#N)n2C(C)C)c1. The highest BCUT2D eigenvalue weighted by atomic mass is 15.0. The fraction of sp³-hybridized carbons (Fsp3) is 0.312. The lowest BCUT2D eigenvalue weighted by molar-refractivity contribution is 0.577. The van der Waals surface area contributed by atoms with Gasteiger partial charge in [-0.05, 0) is 32.4 Å². The van der Waals surface area contributed by atoms with Gasteiger partial charge in [0.05, 0.1) is 5.69 Å². The Kier molecular flexibility index (Phi) is 3.62. The average molecular weight is 253 g/mol. The summed E-state index contributed by atoms with van der Waals surface area (Å²) in [6.45, 7) is 6.22. The van der Waals surface area contributed by atoms with Crippen molar-refractivity contribution in [2.24, 2.45) is 0 Å². The first-order chi connectivity index (χ1) is 9.02. The van der Waals surface area contributed by atoms with Crippen molar-refractivity contribution < 1.29 is 0 Å². The van der Waals surface area contributed by atoms with Crippen molar-refractivity contribution in [2.75, 3.05) is 5.73 Å². The second-order valence-electron chi connectivity index (χ2n) is 5.17. The minimum Gasteiger partial charge on any atom is -0.397 e. The molecule has 1 heterocycles. The number of hydrogen-bond acceptors (Lipinski definition) is 2.